The molecular weight excluding hydrogens is 276 g/mol. The lowest BCUT2D eigenvalue weighted by Gasteiger charge is -2.25. The van der Waals surface area contributed by atoms with Crippen LogP contribution in [0.2, 0.25) is 0 Å². The summed E-state index contributed by atoms with van der Waals surface area (Å²) in [5, 5.41) is 0. The molecule has 0 spiro atoms. The van der Waals surface area contributed by atoms with E-state index in [0.717, 1.165) is 50.1 Å². The molecule has 0 heterocycles. The summed E-state index contributed by atoms with van der Waals surface area (Å²) in [6, 6.07) is 8.54. The highest BCUT2D eigenvalue weighted by molar-refractivity contribution is 5.28. The van der Waals surface area contributed by atoms with Crippen molar-refractivity contribution < 1.29 is 9.57 Å². The molecule has 0 atom stereocenters. The number of ether oxygens (including phenoxy) is 1. The summed E-state index contributed by atoms with van der Waals surface area (Å²) < 4.78 is 5.71. The Labute approximate surface area is 134 Å². The molecule has 4 heteroatoms. The Balaban J connectivity index is 1.63. The number of rotatable bonds is 9. The van der Waals surface area contributed by atoms with Gasteiger partial charge in [-0.15, -0.1) is 0 Å². The molecule has 124 valence electrons. The van der Waals surface area contributed by atoms with Crippen molar-refractivity contribution in [3.8, 4) is 5.75 Å². The molecule has 0 saturated heterocycles. The average molecular weight is 306 g/mol. The van der Waals surface area contributed by atoms with Gasteiger partial charge in [-0.2, -0.15) is 0 Å². The minimum atomic E-state index is 0.410. The van der Waals surface area contributed by atoms with E-state index in [2.05, 4.69) is 24.5 Å². The standard InChI is InChI=1S/C18H30N2O2/c1-2-3-11-21-18-6-4-5-16(12-18)14-22-20-13-15-7-9-17(19)10-8-15/h4-6,12,15,17,20H,2-3,7-11,13-14,19H2,1H3/t15-,17-. The first-order valence-electron chi connectivity index (χ1n) is 8.60. The summed E-state index contributed by atoms with van der Waals surface area (Å²) in [5.74, 6) is 1.62. The number of unbranched alkanes of at least 4 members (excludes halogenated alkanes) is 1. The van der Waals surface area contributed by atoms with Crippen LogP contribution in [0.1, 0.15) is 51.0 Å². The Morgan fingerprint density at radius 3 is 2.82 bits per heavy atom. The fraction of sp³-hybridized carbons (Fsp3) is 0.667. The van der Waals surface area contributed by atoms with E-state index in [4.69, 9.17) is 15.3 Å². The highest BCUT2D eigenvalue weighted by atomic mass is 16.6. The van der Waals surface area contributed by atoms with Crippen molar-refractivity contribution in [3.63, 3.8) is 0 Å². The van der Waals surface area contributed by atoms with E-state index in [1.807, 2.05) is 12.1 Å². The van der Waals surface area contributed by atoms with Crippen LogP contribution in [-0.4, -0.2) is 19.2 Å². The first-order chi connectivity index (χ1) is 10.8. The molecule has 0 bridgehead atoms. The van der Waals surface area contributed by atoms with Crippen LogP contribution in [0.25, 0.3) is 0 Å². The molecule has 0 unspecified atom stereocenters. The van der Waals surface area contributed by atoms with Gasteiger partial charge in [-0.3, -0.25) is 4.84 Å². The topological polar surface area (TPSA) is 56.5 Å². The van der Waals surface area contributed by atoms with Crippen LogP contribution in [0.3, 0.4) is 0 Å². The Bertz CT molecular complexity index is 417. The number of hydroxylamine groups is 1. The maximum absolute atomic E-state index is 5.92. The second kappa shape index (κ2) is 9.82. The highest BCUT2D eigenvalue weighted by Gasteiger charge is 2.17. The average Bonchev–Trinajstić information content (AvgIpc) is 2.54. The SMILES string of the molecule is CCCCOc1cccc(CONC[C@H]2CC[C@H](N)CC2)c1. The number of nitrogens with two attached hydrogens (primary N) is 1. The molecular formula is C18H30N2O2. The van der Waals surface area contributed by atoms with Crippen molar-refractivity contribution in [2.75, 3.05) is 13.2 Å². The number of hydrogen-bond acceptors (Lipinski definition) is 4. The molecule has 1 saturated carbocycles. The molecule has 0 aromatic heterocycles. The summed E-state index contributed by atoms with van der Waals surface area (Å²) in [5.41, 5.74) is 10.2. The minimum absolute atomic E-state index is 0.410. The van der Waals surface area contributed by atoms with Crippen molar-refractivity contribution in [1.82, 2.24) is 5.48 Å². The van der Waals surface area contributed by atoms with Gasteiger partial charge in [-0.05, 0) is 55.7 Å². The van der Waals surface area contributed by atoms with Gasteiger partial charge in [-0.25, -0.2) is 5.48 Å². The van der Waals surface area contributed by atoms with Gasteiger partial charge in [0.1, 0.15) is 5.75 Å². The number of hydrogen-bond donors (Lipinski definition) is 2. The number of benzene rings is 1. The third-order valence-electron chi connectivity index (χ3n) is 4.27. The van der Waals surface area contributed by atoms with Gasteiger partial charge in [0.2, 0.25) is 0 Å². The van der Waals surface area contributed by atoms with E-state index in [1.165, 1.54) is 12.8 Å². The van der Waals surface area contributed by atoms with E-state index in [9.17, 15) is 0 Å². The molecule has 1 aliphatic rings. The Kier molecular flexibility index (Phi) is 7.71. The normalized spacial score (nSPS) is 21.7. The van der Waals surface area contributed by atoms with Crippen LogP contribution in [0.15, 0.2) is 24.3 Å². The molecule has 1 aliphatic carbocycles. The van der Waals surface area contributed by atoms with Gasteiger partial charge in [0.15, 0.2) is 0 Å². The summed E-state index contributed by atoms with van der Waals surface area (Å²) >= 11 is 0. The van der Waals surface area contributed by atoms with Crippen LogP contribution >= 0.6 is 0 Å². The maximum Gasteiger partial charge on any atom is 0.119 e. The van der Waals surface area contributed by atoms with Crippen LogP contribution < -0.4 is 16.0 Å². The van der Waals surface area contributed by atoms with E-state index in [0.29, 0.717) is 18.6 Å². The van der Waals surface area contributed by atoms with E-state index < -0.39 is 0 Å². The van der Waals surface area contributed by atoms with E-state index in [1.54, 1.807) is 0 Å². The van der Waals surface area contributed by atoms with Crippen molar-refractivity contribution >= 4 is 0 Å². The first-order valence-corrected chi connectivity index (χ1v) is 8.60. The van der Waals surface area contributed by atoms with Crippen molar-refractivity contribution in [1.29, 1.82) is 0 Å². The lowest BCUT2D eigenvalue weighted by Crippen LogP contribution is -2.31. The summed E-state index contributed by atoms with van der Waals surface area (Å²) in [6.07, 6.45) is 6.94. The van der Waals surface area contributed by atoms with Gasteiger partial charge in [-0.1, -0.05) is 25.5 Å². The van der Waals surface area contributed by atoms with Crippen molar-refractivity contribution in [2.24, 2.45) is 11.7 Å². The van der Waals surface area contributed by atoms with Crippen molar-refractivity contribution in [2.45, 2.75) is 58.1 Å². The van der Waals surface area contributed by atoms with Crippen LogP contribution in [0.5, 0.6) is 5.75 Å². The van der Waals surface area contributed by atoms with E-state index in [-0.39, 0.29) is 0 Å². The summed E-state index contributed by atoms with van der Waals surface area (Å²) in [7, 11) is 0. The predicted octanol–water partition coefficient (Wildman–Crippen LogP) is 3.40. The lowest BCUT2D eigenvalue weighted by molar-refractivity contribution is 0.0159. The highest BCUT2D eigenvalue weighted by Crippen LogP contribution is 2.22. The molecule has 1 fully saturated rings. The molecule has 0 amide bonds. The first kappa shape index (κ1) is 17.3. The largest absolute Gasteiger partial charge is 0.494 e. The number of nitrogens with one attached hydrogen (secondary N) is 1. The third-order valence-corrected chi connectivity index (χ3v) is 4.27. The van der Waals surface area contributed by atoms with Crippen molar-refractivity contribution in [3.05, 3.63) is 29.8 Å². The fourth-order valence-electron chi connectivity index (χ4n) is 2.76. The minimum Gasteiger partial charge on any atom is -0.494 e. The fourth-order valence-corrected chi connectivity index (χ4v) is 2.76. The molecule has 3 N–H and O–H groups in total. The summed E-state index contributed by atoms with van der Waals surface area (Å²) in [4.78, 5) is 5.59. The Morgan fingerprint density at radius 2 is 2.05 bits per heavy atom. The Morgan fingerprint density at radius 1 is 1.23 bits per heavy atom. The van der Waals surface area contributed by atoms with Crippen LogP contribution in [0, 0.1) is 5.92 Å². The second-order valence-corrected chi connectivity index (χ2v) is 6.27. The molecule has 4 nitrogen and oxygen atoms in total. The molecule has 1 aromatic carbocycles. The zero-order valence-corrected chi connectivity index (χ0v) is 13.7. The predicted molar refractivity (Wildman–Crippen MR) is 89.6 cm³/mol. The monoisotopic (exact) mass is 306 g/mol. The lowest BCUT2D eigenvalue weighted by atomic mass is 9.87. The quantitative estimate of drug-likeness (QED) is 0.542. The zero-order chi connectivity index (χ0) is 15.6. The van der Waals surface area contributed by atoms with Gasteiger partial charge in [0.25, 0.3) is 0 Å². The van der Waals surface area contributed by atoms with Gasteiger partial charge < -0.3 is 10.5 Å². The van der Waals surface area contributed by atoms with Crippen LogP contribution in [-0.2, 0) is 11.4 Å². The van der Waals surface area contributed by atoms with Gasteiger partial charge in [0.05, 0.1) is 13.2 Å². The zero-order valence-electron chi connectivity index (χ0n) is 13.7. The molecule has 0 radical (unpaired) electrons. The van der Waals surface area contributed by atoms with E-state index >= 15 is 0 Å². The second-order valence-electron chi connectivity index (χ2n) is 6.27. The van der Waals surface area contributed by atoms with Crippen LogP contribution in [0.4, 0.5) is 0 Å². The molecule has 2 rings (SSSR count). The molecule has 1 aromatic rings. The molecule has 22 heavy (non-hydrogen) atoms. The Hall–Kier alpha value is -1.10. The van der Waals surface area contributed by atoms with Gasteiger partial charge in [0, 0.05) is 12.6 Å². The third kappa shape index (κ3) is 6.34. The summed E-state index contributed by atoms with van der Waals surface area (Å²) in [6.45, 7) is 4.43. The maximum atomic E-state index is 5.92. The molecule has 0 aliphatic heterocycles. The smallest absolute Gasteiger partial charge is 0.119 e. The van der Waals surface area contributed by atoms with Gasteiger partial charge >= 0.3 is 0 Å².